The predicted molar refractivity (Wildman–Crippen MR) is 101 cm³/mol. The highest BCUT2D eigenvalue weighted by Crippen LogP contribution is 2.33. The number of anilines is 1. The van der Waals surface area contributed by atoms with Gasteiger partial charge in [0.2, 0.25) is 11.8 Å². The molecule has 0 unspecified atom stereocenters. The van der Waals surface area contributed by atoms with Crippen molar-refractivity contribution in [1.82, 2.24) is 10.6 Å². The van der Waals surface area contributed by atoms with Gasteiger partial charge in [0.05, 0.1) is 20.3 Å². The molecule has 140 valence electrons. The Balaban J connectivity index is 2.11. The molecule has 0 fully saturated rings. The number of nitrogens with one attached hydrogen (secondary N) is 3. The maximum absolute atomic E-state index is 12.8. The zero-order chi connectivity index (χ0) is 19.4. The molecule has 0 aromatic heterocycles. The third kappa shape index (κ3) is 3.87. The molecule has 2 aromatic rings. The summed E-state index contributed by atoms with van der Waals surface area (Å²) in [7, 11) is 3.00. The Morgan fingerprint density at radius 2 is 1.78 bits per heavy atom. The molecule has 3 rings (SSSR count). The molecule has 1 aliphatic rings. The lowest BCUT2D eigenvalue weighted by Crippen LogP contribution is -2.33. The third-order valence-electron chi connectivity index (χ3n) is 4.21. The highest BCUT2D eigenvalue weighted by molar-refractivity contribution is 6.05. The molecule has 1 heterocycles. The minimum atomic E-state index is -0.399. The number of hydrogen-bond acceptors (Lipinski definition) is 5. The van der Waals surface area contributed by atoms with E-state index >= 15 is 0 Å². The molecule has 0 saturated heterocycles. The maximum atomic E-state index is 12.8. The topological polar surface area (TPSA) is 88.7 Å². The number of carbonyl (C=O) groups excluding carboxylic acids is 2. The molecule has 7 heteroatoms. The molecule has 0 bridgehead atoms. The van der Waals surface area contributed by atoms with E-state index in [1.807, 2.05) is 48.5 Å². The monoisotopic (exact) mass is 367 g/mol. The van der Waals surface area contributed by atoms with Gasteiger partial charge in [0, 0.05) is 18.2 Å². The molecule has 0 spiro atoms. The van der Waals surface area contributed by atoms with Crippen molar-refractivity contribution < 1.29 is 19.1 Å². The fourth-order valence-corrected chi connectivity index (χ4v) is 2.94. The molecule has 2 aromatic carbocycles. The van der Waals surface area contributed by atoms with Crippen LogP contribution in [-0.2, 0) is 14.3 Å². The fraction of sp³-hybridized carbons (Fsp3) is 0.200. The van der Waals surface area contributed by atoms with Gasteiger partial charge in [0.1, 0.15) is 5.75 Å². The van der Waals surface area contributed by atoms with Gasteiger partial charge in [0.15, 0.2) is 5.70 Å². The second kappa shape index (κ2) is 7.82. The number of rotatable bonds is 4. The number of hydrogen-bond donors (Lipinski definition) is 3. The van der Waals surface area contributed by atoms with E-state index in [-0.39, 0.29) is 23.5 Å². The minimum absolute atomic E-state index is 0.0614. The quantitative estimate of drug-likeness (QED) is 0.570. The Bertz CT molecular complexity index is 890. The van der Waals surface area contributed by atoms with Gasteiger partial charge in [-0.25, -0.2) is 0 Å². The summed E-state index contributed by atoms with van der Waals surface area (Å²) >= 11 is 0. The predicted octanol–water partition coefficient (Wildman–Crippen LogP) is 2.28. The number of carbonyl (C=O) groups is 2. The zero-order valence-electron chi connectivity index (χ0n) is 15.3. The van der Waals surface area contributed by atoms with Crippen molar-refractivity contribution in [3.63, 3.8) is 0 Å². The Morgan fingerprint density at radius 3 is 2.41 bits per heavy atom. The first-order valence-corrected chi connectivity index (χ1v) is 8.40. The summed E-state index contributed by atoms with van der Waals surface area (Å²) in [6.07, 6.45) is 0. The largest absolute Gasteiger partial charge is 0.497 e. The van der Waals surface area contributed by atoms with E-state index in [9.17, 15) is 9.59 Å². The van der Waals surface area contributed by atoms with E-state index < -0.39 is 5.91 Å². The molecule has 0 saturated carbocycles. The molecule has 1 atom stereocenters. The summed E-state index contributed by atoms with van der Waals surface area (Å²) in [5.41, 5.74) is 2.65. The summed E-state index contributed by atoms with van der Waals surface area (Å²) in [5, 5.41) is 8.64. The van der Waals surface area contributed by atoms with Gasteiger partial charge in [-0.1, -0.05) is 30.3 Å². The lowest BCUT2D eigenvalue weighted by Gasteiger charge is -2.21. The van der Waals surface area contributed by atoms with E-state index in [1.165, 1.54) is 14.0 Å². The summed E-state index contributed by atoms with van der Waals surface area (Å²) in [5.74, 6) is 0.0635. The van der Waals surface area contributed by atoms with Crippen molar-refractivity contribution in [2.45, 2.75) is 13.0 Å². The molecular weight excluding hydrogens is 346 g/mol. The van der Waals surface area contributed by atoms with Crippen LogP contribution in [0.25, 0.3) is 0 Å². The summed E-state index contributed by atoms with van der Waals surface area (Å²) in [4.78, 5) is 24.2. The average Bonchev–Trinajstić information content (AvgIpc) is 2.82. The smallest absolute Gasteiger partial charge is 0.277 e. The number of fused-ring (bicyclic) bond motifs is 1. The standard InChI is InChI=1S/C20H21N3O4/c1-12(24)21-20(27-3)18-19(25)22-16-7-5-4-6-15(16)17(23-18)13-8-10-14(26-2)11-9-13/h4-11,17,23H,1-3H3,(H,21,24)(H,22,25)/b20-18-/t17-/m1/s1. The van der Waals surface area contributed by atoms with Gasteiger partial charge >= 0.3 is 0 Å². The number of methoxy groups -OCH3 is 2. The summed E-state index contributed by atoms with van der Waals surface area (Å²) in [6.45, 7) is 1.35. The van der Waals surface area contributed by atoms with E-state index in [0.717, 1.165) is 16.9 Å². The van der Waals surface area contributed by atoms with Crippen LogP contribution >= 0.6 is 0 Å². The van der Waals surface area contributed by atoms with Crippen LogP contribution in [0, 0.1) is 0 Å². The van der Waals surface area contributed by atoms with Crippen LogP contribution in [0.1, 0.15) is 24.1 Å². The van der Waals surface area contributed by atoms with Crippen molar-refractivity contribution in [3.8, 4) is 5.75 Å². The highest BCUT2D eigenvalue weighted by atomic mass is 16.5. The SMILES string of the molecule is CO/C(NC(C)=O)=C1\N[C@H](c2ccc(OC)cc2)c2ccccc2NC1=O. The second-order valence-electron chi connectivity index (χ2n) is 5.98. The van der Waals surface area contributed by atoms with Gasteiger partial charge in [-0.3, -0.25) is 14.9 Å². The summed E-state index contributed by atoms with van der Waals surface area (Å²) in [6, 6.07) is 14.7. The lowest BCUT2D eigenvalue weighted by atomic mass is 9.97. The van der Waals surface area contributed by atoms with Crippen LogP contribution in [0.4, 0.5) is 5.69 Å². The van der Waals surface area contributed by atoms with Crippen molar-refractivity contribution in [1.29, 1.82) is 0 Å². The van der Waals surface area contributed by atoms with Crippen molar-refractivity contribution in [2.75, 3.05) is 19.5 Å². The van der Waals surface area contributed by atoms with E-state index in [0.29, 0.717) is 5.69 Å². The van der Waals surface area contributed by atoms with Gasteiger partial charge in [-0.2, -0.15) is 0 Å². The maximum Gasteiger partial charge on any atom is 0.277 e. The number of benzene rings is 2. The first-order valence-electron chi connectivity index (χ1n) is 8.40. The number of para-hydroxylation sites is 1. The normalized spacial score (nSPS) is 17.6. The van der Waals surface area contributed by atoms with E-state index in [4.69, 9.17) is 9.47 Å². The Morgan fingerprint density at radius 1 is 1.07 bits per heavy atom. The van der Waals surface area contributed by atoms with Crippen LogP contribution < -0.4 is 20.7 Å². The van der Waals surface area contributed by atoms with Crippen molar-refractivity contribution in [3.05, 3.63) is 71.2 Å². The molecule has 7 nitrogen and oxygen atoms in total. The van der Waals surface area contributed by atoms with E-state index in [2.05, 4.69) is 16.0 Å². The van der Waals surface area contributed by atoms with Gasteiger partial charge in [-0.15, -0.1) is 0 Å². The lowest BCUT2D eigenvalue weighted by molar-refractivity contribution is -0.119. The van der Waals surface area contributed by atoms with Gasteiger partial charge in [-0.05, 0) is 23.8 Å². The first kappa shape index (κ1) is 18.3. The number of ether oxygens (including phenoxy) is 2. The van der Waals surface area contributed by atoms with Crippen LogP contribution in [-0.4, -0.2) is 26.0 Å². The molecule has 3 N–H and O–H groups in total. The fourth-order valence-electron chi connectivity index (χ4n) is 2.94. The molecule has 27 heavy (non-hydrogen) atoms. The first-order chi connectivity index (χ1) is 13.0. The van der Waals surface area contributed by atoms with Crippen LogP contribution in [0.2, 0.25) is 0 Å². The highest BCUT2D eigenvalue weighted by Gasteiger charge is 2.29. The second-order valence-corrected chi connectivity index (χ2v) is 5.98. The van der Waals surface area contributed by atoms with Crippen LogP contribution in [0.3, 0.4) is 0 Å². The zero-order valence-corrected chi connectivity index (χ0v) is 15.3. The van der Waals surface area contributed by atoms with Gasteiger partial charge in [0.25, 0.3) is 5.91 Å². The van der Waals surface area contributed by atoms with Crippen LogP contribution in [0.15, 0.2) is 60.1 Å². The Hall–Kier alpha value is -3.48. The van der Waals surface area contributed by atoms with Gasteiger partial charge < -0.3 is 20.1 Å². The number of amides is 2. The van der Waals surface area contributed by atoms with E-state index in [1.54, 1.807) is 7.11 Å². The molecule has 0 radical (unpaired) electrons. The Kier molecular flexibility index (Phi) is 5.30. The van der Waals surface area contributed by atoms with Crippen LogP contribution in [0.5, 0.6) is 5.75 Å². The minimum Gasteiger partial charge on any atom is -0.497 e. The molecular formula is C20H21N3O4. The van der Waals surface area contributed by atoms with Crippen molar-refractivity contribution in [2.24, 2.45) is 0 Å². The Labute approximate surface area is 157 Å². The molecule has 0 aliphatic carbocycles. The third-order valence-corrected chi connectivity index (χ3v) is 4.21. The summed E-state index contributed by atoms with van der Waals surface area (Å²) < 4.78 is 10.5. The molecule has 2 amide bonds. The molecule has 1 aliphatic heterocycles. The average molecular weight is 367 g/mol. The van der Waals surface area contributed by atoms with Crippen molar-refractivity contribution >= 4 is 17.5 Å².